The van der Waals surface area contributed by atoms with Gasteiger partial charge in [0, 0.05) is 13.1 Å². The van der Waals surface area contributed by atoms with Crippen molar-refractivity contribution in [2.75, 3.05) is 19.7 Å². The Kier molecular flexibility index (Phi) is 6.83. The number of para-hydroxylation sites is 1. The number of phenols is 1. The van der Waals surface area contributed by atoms with E-state index in [-0.39, 0.29) is 36.1 Å². The normalized spacial score (nSPS) is 10.1. The highest BCUT2D eigenvalue weighted by molar-refractivity contribution is 5.96. The molecule has 0 unspecified atom stereocenters. The maximum Gasteiger partial charge on any atom is 0.255 e. The number of benzene rings is 2. The van der Waals surface area contributed by atoms with E-state index in [9.17, 15) is 14.7 Å². The highest BCUT2D eigenvalue weighted by Crippen LogP contribution is 2.15. The molecule has 0 heterocycles. The molecule has 0 saturated carbocycles. The van der Waals surface area contributed by atoms with Crippen LogP contribution in [0.25, 0.3) is 0 Å². The molecular formula is C19H22N2O4. The SMILES string of the molecule is CCOc1ccc(CC(=O)NCCNC(=O)c2ccccc2O)cc1. The van der Waals surface area contributed by atoms with Gasteiger partial charge < -0.3 is 20.5 Å². The largest absolute Gasteiger partial charge is 0.507 e. The summed E-state index contributed by atoms with van der Waals surface area (Å²) in [5.41, 5.74) is 1.10. The number of hydrogen-bond acceptors (Lipinski definition) is 4. The highest BCUT2D eigenvalue weighted by atomic mass is 16.5. The molecule has 0 aliphatic carbocycles. The summed E-state index contributed by atoms with van der Waals surface area (Å²) in [5, 5.41) is 15.0. The summed E-state index contributed by atoms with van der Waals surface area (Å²) in [6.45, 7) is 3.11. The molecule has 0 spiro atoms. The Hall–Kier alpha value is -3.02. The summed E-state index contributed by atoms with van der Waals surface area (Å²) in [6.07, 6.45) is 0.264. The lowest BCUT2D eigenvalue weighted by Gasteiger charge is -2.08. The van der Waals surface area contributed by atoms with E-state index < -0.39 is 0 Å². The Morgan fingerprint density at radius 1 is 1.00 bits per heavy atom. The minimum atomic E-state index is -0.376. The third-order valence-electron chi connectivity index (χ3n) is 3.48. The fourth-order valence-corrected chi connectivity index (χ4v) is 2.26. The molecule has 0 atom stereocenters. The van der Waals surface area contributed by atoms with Crippen molar-refractivity contribution in [1.29, 1.82) is 0 Å². The molecule has 0 aliphatic rings. The number of hydrogen-bond donors (Lipinski definition) is 3. The number of rotatable bonds is 8. The molecule has 6 heteroatoms. The van der Waals surface area contributed by atoms with Crippen LogP contribution >= 0.6 is 0 Å². The van der Waals surface area contributed by atoms with Crippen LogP contribution in [0.2, 0.25) is 0 Å². The van der Waals surface area contributed by atoms with Crippen molar-refractivity contribution >= 4 is 11.8 Å². The van der Waals surface area contributed by atoms with E-state index in [1.54, 1.807) is 12.1 Å². The van der Waals surface area contributed by atoms with Crippen LogP contribution in [0, 0.1) is 0 Å². The lowest BCUT2D eigenvalue weighted by Crippen LogP contribution is -2.35. The molecule has 0 saturated heterocycles. The molecule has 0 aromatic heterocycles. The Bertz CT molecular complexity index is 714. The number of amides is 2. The molecule has 0 radical (unpaired) electrons. The van der Waals surface area contributed by atoms with E-state index in [2.05, 4.69) is 10.6 Å². The molecule has 0 aliphatic heterocycles. The van der Waals surface area contributed by atoms with Crippen molar-refractivity contribution in [3.05, 3.63) is 59.7 Å². The average Bonchev–Trinajstić information content (AvgIpc) is 2.61. The number of ether oxygens (including phenoxy) is 1. The molecule has 3 N–H and O–H groups in total. The van der Waals surface area contributed by atoms with Gasteiger partial charge >= 0.3 is 0 Å². The number of phenolic OH excluding ortho intramolecular Hbond substituents is 1. The smallest absolute Gasteiger partial charge is 0.255 e. The first-order valence-electron chi connectivity index (χ1n) is 8.14. The van der Waals surface area contributed by atoms with Crippen molar-refractivity contribution in [2.45, 2.75) is 13.3 Å². The van der Waals surface area contributed by atoms with Crippen molar-refractivity contribution in [1.82, 2.24) is 10.6 Å². The summed E-state index contributed by atoms with van der Waals surface area (Å²) < 4.78 is 5.35. The minimum Gasteiger partial charge on any atom is -0.507 e. The van der Waals surface area contributed by atoms with E-state index in [4.69, 9.17) is 4.74 Å². The van der Waals surface area contributed by atoms with Gasteiger partial charge in [-0.2, -0.15) is 0 Å². The molecule has 0 fully saturated rings. The van der Waals surface area contributed by atoms with Gasteiger partial charge in [-0.1, -0.05) is 24.3 Å². The predicted molar refractivity (Wildman–Crippen MR) is 94.8 cm³/mol. The van der Waals surface area contributed by atoms with E-state index >= 15 is 0 Å². The van der Waals surface area contributed by atoms with Gasteiger partial charge in [0.15, 0.2) is 0 Å². The topological polar surface area (TPSA) is 87.7 Å². The minimum absolute atomic E-state index is 0.0699. The zero-order valence-electron chi connectivity index (χ0n) is 14.1. The molecule has 25 heavy (non-hydrogen) atoms. The van der Waals surface area contributed by atoms with Gasteiger partial charge in [-0.05, 0) is 36.8 Å². The van der Waals surface area contributed by atoms with Crippen LogP contribution in [0.3, 0.4) is 0 Å². The zero-order chi connectivity index (χ0) is 18.1. The van der Waals surface area contributed by atoms with Crippen molar-refractivity contribution in [3.63, 3.8) is 0 Å². The van der Waals surface area contributed by atoms with Crippen LogP contribution in [-0.2, 0) is 11.2 Å². The van der Waals surface area contributed by atoms with Gasteiger partial charge in [0.2, 0.25) is 5.91 Å². The average molecular weight is 342 g/mol. The lowest BCUT2D eigenvalue weighted by atomic mass is 10.1. The van der Waals surface area contributed by atoms with Crippen LogP contribution in [0.1, 0.15) is 22.8 Å². The molecule has 0 bridgehead atoms. The molecule has 2 amide bonds. The van der Waals surface area contributed by atoms with Gasteiger partial charge in [-0.3, -0.25) is 9.59 Å². The first-order valence-corrected chi connectivity index (χ1v) is 8.14. The second-order valence-corrected chi connectivity index (χ2v) is 5.38. The van der Waals surface area contributed by atoms with Gasteiger partial charge in [-0.15, -0.1) is 0 Å². The van der Waals surface area contributed by atoms with E-state index in [0.717, 1.165) is 11.3 Å². The standard InChI is InChI=1S/C19H22N2O4/c1-2-25-15-9-7-14(8-10-15)13-18(23)20-11-12-21-19(24)16-5-3-4-6-17(16)22/h3-10,22H,2,11-13H2,1H3,(H,20,23)(H,21,24). The maximum atomic E-state index is 11.9. The summed E-state index contributed by atoms with van der Waals surface area (Å²) in [7, 11) is 0. The lowest BCUT2D eigenvalue weighted by molar-refractivity contribution is -0.120. The number of aromatic hydroxyl groups is 1. The Labute approximate surface area is 146 Å². The number of nitrogens with one attached hydrogen (secondary N) is 2. The highest BCUT2D eigenvalue weighted by Gasteiger charge is 2.09. The second kappa shape index (κ2) is 9.32. The fourth-order valence-electron chi connectivity index (χ4n) is 2.26. The van der Waals surface area contributed by atoms with E-state index in [1.807, 2.05) is 31.2 Å². The zero-order valence-corrected chi connectivity index (χ0v) is 14.1. The quantitative estimate of drug-likeness (QED) is 0.639. The van der Waals surface area contributed by atoms with Crippen LogP contribution < -0.4 is 15.4 Å². The molecule has 6 nitrogen and oxygen atoms in total. The van der Waals surface area contributed by atoms with Crippen molar-refractivity contribution in [2.24, 2.45) is 0 Å². The Morgan fingerprint density at radius 2 is 1.68 bits per heavy atom. The van der Waals surface area contributed by atoms with Gasteiger partial charge in [0.1, 0.15) is 11.5 Å². The fraction of sp³-hybridized carbons (Fsp3) is 0.263. The maximum absolute atomic E-state index is 11.9. The Morgan fingerprint density at radius 3 is 2.36 bits per heavy atom. The van der Waals surface area contributed by atoms with Crippen molar-refractivity contribution < 1.29 is 19.4 Å². The summed E-state index contributed by atoms with van der Waals surface area (Å²) in [4.78, 5) is 23.8. The van der Waals surface area contributed by atoms with Crippen molar-refractivity contribution in [3.8, 4) is 11.5 Å². The summed E-state index contributed by atoms with van der Waals surface area (Å²) in [5.74, 6) is 0.206. The summed E-state index contributed by atoms with van der Waals surface area (Å²) in [6, 6.07) is 13.7. The molecule has 2 aromatic carbocycles. The molecule has 2 rings (SSSR count). The second-order valence-electron chi connectivity index (χ2n) is 5.38. The van der Waals surface area contributed by atoms with Gasteiger partial charge in [0.25, 0.3) is 5.91 Å². The van der Waals surface area contributed by atoms with Gasteiger partial charge in [0.05, 0.1) is 18.6 Å². The number of carbonyl (C=O) groups excluding carboxylic acids is 2. The van der Waals surface area contributed by atoms with Crippen LogP contribution in [0.5, 0.6) is 11.5 Å². The Balaban J connectivity index is 1.70. The van der Waals surface area contributed by atoms with E-state index in [1.165, 1.54) is 12.1 Å². The molecular weight excluding hydrogens is 320 g/mol. The predicted octanol–water partition coefficient (Wildman–Crippen LogP) is 1.88. The first kappa shape index (κ1) is 18.3. The molecule has 132 valence electrons. The number of carbonyl (C=O) groups is 2. The monoisotopic (exact) mass is 342 g/mol. The molecule has 2 aromatic rings. The van der Waals surface area contributed by atoms with Crippen LogP contribution in [0.15, 0.2) is 48.5 Å². The van der Waals surface area contributed by atoms with Crippen LogP contribution in [0.4, 0.5) is 0 Å². The summed E-state index contributed by atoms with van der Waals surface area (Å²) >= 11 is 0. The van der Waals surface area contributed by atoms with Crippen LogP contribution in [-0.4, -0.2) is 36.6 Å². The third kappa shape index (κ3) is 5.84. The van der Waals surface area contributed by atoms with Gasteiger partial charge in [-0.25, -0.2) is 0 Å². The third-order valence-corrected chi connectivity index (χ3v) is 3.48. The van der Waals surface area contributed by atoms with E-state index in [0.29, 0.717) is 13.2 Å². The first-order chi connectivity index (χ1) is 12.1.